The van der Waals surface area contributed by atoms with E-state index in [-0.39, 0.29) is 46.2 Å². The Morgan fingerprint density at radius 1 is 0.528 bits per heavy atom. The maximum absolute atomic E-state index is 14.6. The van der Waals surface area contributed by atoms with Crippen molar-refractivity contribution in [2.24, 2.45) is 0 Å². The molecule has 0 aliphatic heterocycles. The largest absolute Gasteiger partial charge is 0.497 e. The Morgan fingerprint density at radius 2 is 0.962 bits per heavy atom. The highest BCUT2D eigenvalue weighted by Gasteiger charge is 2.24. The molecule has 13 heteroatoms. The summed E-state index contributed by atoms with van der Waals surface area (Å²) in [5, 5.41) is 0.627. The highest BCUT2D eigenvalue weighted by Crippen LogP contribution is 2.41. The van der Waals surface area contributed by atoms with Gasteiger partial charge in [0.25, 0.3) is 11.1 Å². The Kier molecular flexibility index (Phi) is 12.4. The summed E-state index contributed by atoms with van der Waals surface area (Å²) in [5.41, 5.74) is 0.469. The predicted molar refractivity (Wildman–Crippen MR) is 202 cm³/mol. The number of halogens is 7. The minimum Gasteiger partial charge on any atom is -0.497 e. The van der Waals surface area contributed by atoms with E-state index in [1.54, 1.807) is 50.2 Å². The van der Waals surface area contributed by atoms with Crippen molar-refractivity contribution in [2.75, 3.05) is 14.2 Å². The average Bonchev–Trinajstić information content (AvgIpc) is 3.14. The van der Waals surface area contributed by atoms with Gasteiger partial charge in [-0.15, -0.1) is 0 Å². The number of hydrogen-bond donors (Lipinski definition) is 0. The van der Waals surface area contributed by atoms with Crippen LogP contribution in [0.1, 0.15) is 13.8 Å². The van der Waals surface area contributed by atoms with Crippen molar-refractivity contribution in [3.05, 3.63) is 150 Å². The van der Waals surface area contributed by atoms with Crippen LogP contribution < -0.4 is 20.6 Å². The molecular weight excluding hydrogens is 755 g/mol. The fraction of sp³-hybridized carbons (Fsp3) is 0.150. The summed E-state index contributed by atoms with van der Waals surface area (Å²) in [4.78, 5) is 24.9. The molecule has 0 atom stereocenters. The van der Waals surface area contributed by atoms with Crippen molar-refractivity contribution in [3.63, 3.8) is 0 Å². The number of aromatic nitrogens is 2. The van der Waals surface area contributed by atoms with Gasteiger partial charge in [-0.1, -0.05) is 46.9 Å². The van der Waals surface area contributed by atoms with Crippen LogP contribution in [0.25, 0.3) is 44.8 Å². The average molecular weight is 786 g/mol. The smallest absolute Gasteiger partial charge is 0.269 e. The summed E-state index contributed by atoms with van der Waals surface area (Å²) in [7, 11) is 3.00. The quantitative estimate of drug-likeness (QED) is 0.144. The molecule has 0 saturated heterocycles. The number of benzene rings is 4. The van der Waals surface area contributed by atoms with Gasteiger partial charge in [0, 0.05) is 51.5 Å². The Labute approximate surface area is 317 Å². The van der Waals surface area contributed by atoms with Crippen LogP contribution in [0.3, 0.4) is 0 Å². The number of ether oxygens (including phenoxy) is 2. The SMILES string of the molecule is CCn1c(-c2c(F)cccc2F)c(-c2cc(OC)ccc2Cl)cc(Cl)c1=O.CCn1c(-c2c(F)cccc2F)c(-c2cc(OC)ccc2Cl)ccc1=O. The number of rotatable bonds is 8. The Hall–Kier alpha value is -5.03. The van der Waals surface area contributed by atoms with E-state index in [0.717, 1.165) is 24.3 Å². The Bertz CT molecular complexity index is 2410. The first kappa shape index (κ1) is 39.2. The third-order valence-electron chi connectivity index (χ3n) is 8.39. The molecule has 0 N–H and O–H groups in total. The van der Waals surface area contributed by atoms with Gasteiger partial charge in [0.15, 0.2) is 0 Å². The molecule has 6 aromatic rings. The van der Waals surface area contributed by atoms with Crippen molar-refractivity contribution in [3.8, 4) is 56.3 Å². The zero-order valence-corrected chi connectivity index (χ0v) is 31.0. The number of methoxy groups -OCH3 is 2. The zero-order chi connectivity index (χ0) is 38.6. The lowest BCUT2D eigenvalue weighted by molar-refractivity contribution is 0.415. The Balaban J connectivity index is 0.000000204. The van der Waals surface area contributed by atoms with Crippen molar-refractivity contribution in [1.82, 2.24) is 9.13 Å². The second-order valence-electron chi connectivity index (χ2n) is 11.4. The van der Waals surface area contributed by atoms with Crippen LogP contribution in [0.15, 0.2) is 101 Å². The van der Waals surface area contributed by atoms with Crippen molar-refractivity contribution < 1.29 is 27.0 Å². The van der Waals surface area contributed by atoms with Crippen LogP contribution in [0.4, 0.5) is 17.6 Å². The standard InChI is InChI=1S/C20H15Cl2F2NO2.C20H16ClF2NO2/c1-3-25-19(18-16(23)5-4-6-17(18)24)13(10-15(22)20(25)26)12-9-11(27-2)7-8-14(12)21;1-3-24-18(25)10-8-13(14-11-12(26-2)7-9-15(14)21)20(24)19-16(22)5-4-6-17(19)23/h4-10H,3H2,1-2H3;4-11H,3H2,1-2H3. The second kappa shape index (κ2) is 16.8. The van der Waals surface area contributed by atoms with Crippen LogP contribution >= 0.6 is 34.8 Å². The molecule has 0 aliphatic rings. The van der Waals surface area contributed by atoms with Crippen molar-refractivity contribution in [1.29, 1.82) is 0 Å². The van der Waals surface area contributed by atoms with Crippen LogP contribution in [-0.4, -0.2) is 23.4 Å². The van der Waals surface area contributed by atoms with Crippen LogP contribution in [0.5, 0.6) is 11.5 Å². The van der Waals surface area contributed by atoms with E-state index >= 15 is 0 Å². The van der Waals surface area contributed by atoms with E-state index in [4.69, 9.17) is 44.3 Å². The van der Waals surface area contributed by atoms with E-state index < -0.39 is 28.8 Å². The molecule has 53 heavy (non-hydrogen) atoms. The molecule has 274 valence electrons. The first-order valence-electron chi connectivity index (χ1n) is 16.1. The molecule has 0 spiro atoms. The summed E-state index contributed by atoms with van der Waals surface area (Å²) in [6, 6.07) is 21.3. The number of nitrogens with zero attached hydrogens (tertiary/aromatic N) is 2. The lowest BCUT2D eigenvalue weighted by Crippen LogP contribution is -2.23. The van der Waals surface area contributed by atoms with Crippen molar-refractivity contribution >= 4 is 34.8 Å². The first-order chi connectivity index (χ1) is 25.4. The molecule has 0 aliphatic carbocycles. The minimum absolute atomic E-state index is 0.0673. The van der Waals surface area contributed by atoms with Gasteiger partial charge >= 0.3 is 0 Å². The topological polar surface area (TPSA) is 62.5 Å². The molecule has 6 rings (SSSR count). The summed E-state index contributed by atoms with van der Waals surface area (Å²) >= 11 is 18.8. The molecule has 0 unspecified atom stereocenters. The Morgan fingerprint density at radius 3 is 1.40 bits per heavy atom. The molecule has 0 fully saturated rings. The summed E-state index contributed by atoms with van der Waals surface area (Å²) in [5.74, 6) is -2.05. The third kappa shape index (κ3) is 7.85. The molecule has 4 aromatic carbocycles. The van der Waals surface area contributed by atoms with E-state index in [1.165, 1.54) is 53.7 Å². The van der Waals surface area contributed by atoms with Crippen LogP contribution in [-0.2, 0) is 13.1 Å². The molecule has 2 aromatic heterocycles. The van der Waals surface area contributed by atoms with E-state index in [1.807, 2.05) is 0 Å². The highest BCUT2D eigenvalue weighted by atomic mass is 35.5. The monoisotopic (exact) mass is 784 g/mol. The van der Waals surface area contributed by atoms with Gasteiger partial charge in [-0.05, 0) is 86.6 Å². The lowest BCUT2D eigenvalue weighted by atomic mass is 9.97. The second-order valence-corrected chi connectivity index (χ2v) is 12.6. The van der Waals surface area contributed by atoms with Gasteiger partial charge in [-0.25, -0.2) is 17.6 Å². The molecule has 0 bridgehead atoms. The van der Waals surface area contributed by atoms with E-state index in [0.29, 0.717) is 43.8 Å². The number of pyridine rings is 2. The highest BCUT2D eigenvalue weighted by molar-refractivity contribution is 6.34. The molecule has 0 radical (unpaired) electrons. The summed E-state index contributed by atoms with van der Waals surface area (Å²) in [6.07, 6.45) is 0. The van der Waals surface area contributed by atoms with E-state index in [9.17, 15) is 27.2 Å². The fourth-order valence-electron chi connectivity index (χ4n) is 5.91. The molecular formula is C40H31Cl3F4N2O4. The third-order valence-corrected chi connectivity index (χ3v) is 9.32. The fourth-order valence-corrected chi connectivity index (χ4v) is 6.56. The maximum atomic E-state index is 14.6. The van der Waals surface area contributed by atoms with Gasteiger partial charge in [0.05, 0.1) is 36.7 Å². The lowest BCUT2D eigenvalue weighted by Gasteiger charge is -2.19. The first-order valence-corrected chi connectivity index (χ1v) is 17.2. The van der Waals surface area contributed by atoms with Crippen molar-refractivity contribution in [2.45, 2.75) is 26.9 Å². The number of hydrogen-bond acceptors (Lipinski definition) is 4. The summed E-state index contributed by atoms with van der Waals surface area (Å²) < 4.78 is 71.2. The molecule has 2 heterocycles. The molecule has 6 nitrogen and oxygen atoms in total. The summed E-state index contributed by atoms with van der Waals surface area (Å²) in [6.45, 7) is 3.84. The van der Waals surface area contributed by atoms with Gasteiger partial charge in [-0.2, -0.15) is 0 Å². The zero-order valence-electron chi connectivity index (χ0n) is 28.7. The van der Waals surface area contributed by atoms with Crippen LogP contribution in [0.2, 0.25) is 15.1 Å². The predicted octanol–water partition coefficient (Wildman–Crippen LogP) is 10.9. The molecule has 0 saturated carbocycles. The van der Waals surface area contributed by atoms with Gasteiger partial charge in [-0.3, -0.25) is 9.59 Å². The van der Waals surface area contributed by atoms with Crippen LogP contribution in [0, 0.1) is 23.3 Å². The minimum atomic E-state index is -0.792. The van der Waals surface area contributed by atoms with Gasteiger partial charge in [0.2, 0.25) is 0 Å². The maximum Gasteiger partial charge on any atom is 0.269 e. The normalized spacial score (nSPS) is 10.8. The van der Waals surface area contributed by atoms with E-state index in [2.05, 4.69) is 0 Å². The molecule has 0 amide bonds. The van der Waals surface area contributed by atoms with Gasteiger partial charge < -0.3 is 18.6 Å². The van der Waals surface area contributed by atoms with Gasteiger partial charge in [0.1, 0.15) is 39.8 Å².